The predicted octanol–water partition coefficient (Wildman–Crippen LogP) is 2.92. The molecule has 0 heterocycles. The standard InChI is InChI=1S/C18H21NO4S/c1-14-9-11-17(12-10-14)24(21,22)19(13-18(20)23-3)15(2)16-7-5-4-6-8-16/h4-12,15H,13H2,1-3H3/t15-/m0/s1. The lowest BCUT2D eigenvalue weighted by Crippen LogP contribution is -2.38. The highest BCUT2D eigenvalue weighted by Crippen LogP contribution is 2.27. The number of rotatable bonds is 6. The van der Waals surface area contributed by atoms with E-state index >= 15 is 0 Å². The van der Waals surface area contributed by atoms with Crippen LogP contribution in [0.2, 0.25) is 0 Å². The molecule has 0 aliphatic heterocycles. The van der Waals surface area contributed by atoms with Crippen LogP contribution in [0.5, 0.6) is 0 Å². The van der Waals surface area contributed by atoms with Gasteiger partial charge in [-0.25, -0.2) is 8.42 Å². The van der Waals surface area contributed by atoms with Gasteiger partial charge in [-0.2, -0.15) is 4.31 Å². The van der Waals surface area contributed by atoms with Crippen LogP contribution in [0.15, 0.2) is 59.5 Å². The van der Waals surface area contributed by atoms with E-state index in [2.05, 4.69) is 4.74 Å². The summed E-state index contributed by atoms with van der Waals surface area (Å²) < 4.78 is 31.9. The molecule has 128 valence electrons. The van der Waals surface area contributed by atoms with Gasteiger partial charge >= 0.3 is 5.97 Å². The molecule has 2 aromatic carbocycles. The molecule has 0 spiro atoms. The third-order valence-corrected chi connectivity index (χ3v) is 5.78. The van der Waals surface area contributed by atoms with Gasteiger partial charge in [-0.05, 0) is 31.5 Å². The zero-order valence-corrected chi connectivity index (χ0v) is 14.8. The number of aryl methyl sites for hydroxylation is 1. The maximum Gasteiger partial charge on any atom is 0.321 e. The van der Waals surface area contributed by atoms with Gasteiger partial charge in [0.25, 0.3) is 0 Å². The highest BCUT2D eigenvalue weighted by atomic mass is 32.2. The summed E-state index contributed by atoms with van der Waals surface area (Å²) in [6, 6.07) is 15.2. The molecule has 0 saturated heterocycles. The largest absolute Gasteiger partial charge is 0.468 e. The molecule has 1 atom stereocenters. The van der Waals surface area contributed by atoms with Gasteiger partial charge in [0.1, 0.15) is 6.54 Å². The maximum absolute atomic E-state index is 13.0. The first-order valence-electron chi connectivity index (χ1n) is 7.56. The van der Waals surface area contributed by atoms with Crippen LogP contribution in [0, 0.1) is 6.92 Å². The summed E-state index contributed by atoms with van der Waals surface area (Å²) in [5.41, 5.74) is 1.77. The molecule has 0 radical (unpaired) electrons. The van der Waals surface area contributed by atoms with Crippen LogP contribution in [0.1, 0.15) is 24.1 Å². The number of esters is 1. The Morgan fingerprint density at radius 1 is 1.08 bits per heavy atom. The number of ether oxygens (including phenoxy) is 1. The Balaban J connectivity index is 2.45. The molecule has 0 unspecified atom stereocenters. The summed E-state index contributed by atoms with van der Waals surface area (Å²) in [6.45, 7) is 3.29. The van der Waals surface area contributed by atoms with Gasteiger partial charge in [0.2, 0.25) is 10.0 Å². The van der Waals surface area contributed by atoms with Crippen molar-refractivity contribution >= 4 is 16.0 Å². The second-order valence-electron chi connectivity index (χ2n) is 5.53. The van der Waals surface area contributed by atoms with Crippen molar-refractivity contribution in [2.75, 3.05) is 13.7 Å². The van der Waals surface area contributed by atoms with E-state index in [9.17, 15) is 13.2 Å². The highest BCUT2D eigenvalue weighted by molar-refractivity contribution is 7.89. The van der Waals surface area contributed by atoms with Crippen LogP contribution in [0.4, 0.5) is 0 Å². The molecule has 0 fully saturated rings. The number of carbonyl (C=O) groups is 1. The van der Waals surface area contributed by atoms with Crippen molar-refractivity contribution in [1.29, 1.82) is 0 Å². The summed E-state index contributed by atoms with van der Waals surface area (Å²) in [5.74, 6) is -0.603. The molecule has 0 aromatic heterocycles. The van der Waals surface area contributed by atoms with Gasteiger partial charge in [0.05, 0.1) is 12.0 Å². The van der Waals surface area contributed by atoms with Crippen LogP contribution < -0.4 is 0 Å². The number of hydrogen-bond donors (Lipinski definition) is 0. The minimum absolute atomic E-state index is 0.153. The molecule has 5 nitrogen and oxygen atoms in total. The van der Waals surface area contributed by atoms with Crippen molar-refractivity contribution in [3.63, 3.8) is 0 Å². The summed E-state index contributed by atoms with van der Waals surface area (Å²) in [5, 5.41) is 0. The lowest BCUT2D eigenvalue weighted by atomic mass is 10.1. The van der Waals surface area contributed by atoms with E-state index in [1.807, 2.05) is 37.3 Å². The highest BCUT2D eigenvalue weighted by Gasteiger charge is 2.32. The van der Waals surface area contributed by atoms with Gasteiger partial charge < -0.3 is 4.74 Å². The van der Waals surface area contributed by atoms with Crippen LogP contribution in [0.3, 0.4) is 0 Å². The first-order valence-corrected chi connectivity index (χ1v) is 9.00. The monoisotopic (exact) mass is 347 g/mol. The Morgan fingerprint density at radius 2 is 1.67 bits per heavy atom. The third kappa shape index (κ3) is 4.01. The van der Waals surface area contributed by atoms with Crippen LogP contribution >= 0.6 is 0 Å². The molecular weight excluding hydrogens is 326 g/mol. The number of hydrogen-bond acceptors (Lipinski definition) is 4. The van der Waals surface area contributed by atoms with E-state index in [0.717, 1.165) is 11.1 Å². The van der Waals surface area contributed by atoms with E-state index in [-0.39, 0.29) is 11.4 Å². The molecule has 2 aromatic rings. The molecule has 0 saturated carbocycles. The molecule has 2 rings (SSSR count). The Morgan fingerprint density at radius 3 is 2.21 bits per heavy atom. The van der Waals surface area contributed by atoms with Crippen molar-refractivity contribution in [1.82, 2.24) is 4.31 Å². The molecule has 0 N–H and O–H groups in total. The molecular formula is C18H21NO4S. The van der Waals surface area contributed by atoms with E-state index in [1.165, 1.54) is 11.4 Å². The number of nitrogens with zero attached hydrogens (tertiary/aromatic N) is 1. The Labute approximate surface area is 142 Å². The molecule has 0 aliphatic rings. The fourth-order valence-electron chi connectivity index (χ4n) is 2.37. The molecule has 6 heteroatoms. The van der Waals surface area contributed by atoms with Crippen molar-refractivity contribution in [3.05, 3.63) is 65.7 Å². The normalized spacial score (nSPS) is 12.8. The molecule has 0 aliphatic carbocycles. The van der Waals surface area contributed by atoms with Crippen LogP contribution in [0.25, 0.3) is 0 Å². The Hall–Kier alpha value is -2.18. The summed E-state index contributed by atoms with van der Waals surface area (Å²) >= 11 is 0. The van der Waals surface area contributed by atoms with Crippen LogP contribution in [-0.2, 0) is 19.6 Å². The first-order chi connectivity index (χ1) is 11.4. The van der Waals surface area contributed by atoms with Gasteiger partial charge in [-0.3, -0.25) is 4.79 Å². The van der Waals surface area contributed by atoms with Crippen LogP contribution in [-0.4, -0.2) is 32.3 Å². The summed E-state index contributed by atoms with van der Waals surface area (Å²) in [4.78, 5) is 11.9. The van der Waals surface area contributed by atoms with E-state index < -0.39 is 22.0 Å². The third-order valence-electron chi connectivity index (χ3n) is 3.85. The van der Waals surface area contributed by atoms with E-state index in [1.54, 1.807) is 31.2 Å². The van der Waals surface area contributed by atoms with Crippen molar-refractivity contribution < 1.29 is 17.9 Å². The summed E-state index contributed by atoms with van der Waals surface area (Å²) in [7, 11) is -2.60. The predicted molar refractivity (Wildman–Crippen MR) is 91.9 cm³/mol. The van der Waals surface area contributed by atoms with E-state index in [4.69, 9.17) is 0 Å². The van der Waals surface area contributed by atoms with Crippen molar-refractivity contribution in [2.24, 2.45) is 0 Å². The average Bonchev–Trinajstić information content (AvgIpc) is 2.59. The maximum atomic E-state index is 13.0. The second-order valence-corrected chi connectivity index (χ2v) is 7.42. The molecule has 24 heavy (non-hydrogen) atoms. The fourth-order valence-corrected chi connectivity index (χ4v) is 3.93. The van der Waals surface area contributed by atoms with Gasteiger partial charge in [0, 0.05) is 6.04 Å². The van der Waals surface area contributed by atoms with Gasteiger partial charge in [-0.1, -0.05) is 48.0 Å². The number of methoxy groups -OCH3 is 1. The van der Waals surface area contributed by atoms with Crippen molar-refractivity contribution in [2.45, 2.75) is 24.8 Å². The van der Waals surface area contributed by atoms with Crippen molar-refractivity contribution in [3.8, 4) is 0 Å². The van der Waals surface area contributed by atoms with Gasteiger partial charge in [0.15, 0.2) is 0 Å². The Bertz CT molecular complexity index is 786. The minimum atomic E-state index is -3.84. The smallest absolute Gasteiger partial charge is 0.321 e. The number of sulfonamides is 1. The lowest BCUT2D eigenvalue weighted by molar-refractivity contribution is -0.141. The zero-order chi connectivity index (χ0) is 17.7. The lowest BCUT2D eigenvalue weighted by Gasteiger charge is -2.27. The number of benzene rings is 2. The van der Waals surface area contributed by atoms with Gasteiger partial charge in [-0.15, -0.1) is 0 Å². The average molecular weight is 347 g/mol. The molecule has 0 bridgehead atoms. The quantitative estimate of drug-likeness (QED) is 0.754. The molecule has 0 amide bonds. The topological polar surface area (TPSA) is 63.7 Å². The zero-order valence-electron chi connectivity index (χ0n) is 14.0. The second kappa shape index (κ2) is 7.59. The summed E-state index contributed by atoms with van der Waals surface area (Å²) in [6.07, 6.45) is 0. The minimum Gasteiger partial charge on any atom is -0.468 e. The first kappa shape index (κ1) is 18.2. The van der Waals surface area contributed by atoms with E-state index in [0.29, 0.717) is 0 Å². The Kier molecular flexibility index (Phi) is 5.75. The fraction of sp³-hybridized carbons (Fsp3) is 0.278. The number of carbonyl (C=O) groups excluding carboxylic acids is 1. The SMILES string of the molecule is COC(=O)CN([C@@H](C)c1ccccc1)S(=O)(=O)c1ccc(C)cc1.